The summed E-state index contributed by atoms with van der Waals surface area (Å²) >= 11 is 0. The molecule has 15 nitrogen and oxygen atoms in total. The second kappa shape index (κ2) is 16.7. The Morgan fingerprint density at radius 2 is 0.893 bits per heavy atom. The second-order valence-electron chi connectivity index (χ2n) is 3.84. The van der Waals surface area contributed by atoms with Gasteiger partial charge in [0, 0.05) is 23.0 Å². The van der Waals surface area contributed by atoms with Gasteiger partial charge in [-0.3, -0.25) is 9.97 Å². The molecule has 0 saturated carbocycles. The SMILES string of the molecule is O.O.O.O.O.O.O.O=P([O-])(O)c1ccc(-c2ccc(P(=O)([O-])O)cn2)nc1.[Ni+2]. The third-order valence-electron chi connectivity index (χ3n) is 2.41. The second-order valence-corrected chi connectivity index (χ2v) is 6.96. The first kappa shape index (κ1) is 45.5. The van der Waals surface area contributed by atoms with Crippen molar-refractivity contribution in [1.82, 2.24) is 9.97 Å². The van der Waals surface area contributed by atoms with E-state index in [2.05, 4.69) is 9.97 Å². The van der Waals surface area contributed by atoms with Crippen molar-refractivity contribution < 1.29 is 83.5 Å². The molecule has 0 fully saturated rings. The van der Waals surface area contributed by atoms with Crippen LogP contribution in [0.5, 0.6) is 0 Å². The Bertz CT molecular complexity index is 656. The van der Waals surface area contributed by atoms with Gasteiger partial charge in [-0.2, -0.15) is 0 Å². The average Bonchev–Trinajstić information content (AvgIpc) is 2.37. The van der Waals surface area contributed by atoms with Gasteiger partial charge in [0.25, 0.3) is 0 Å². The molecule has 0 aliphatic heterocycles. The number of nitrogens with zero attached hydrogens (tertiary/aromatic N) is 2. The van der Waals surface area contributed by atoms with E-state index < -0.39 is 15.2 Å². The van der Waals surface area contributed by atoms with Crippen LogP contribution in [-0.4, -0.2) is 58.1 Å². The van der Waals surface area contributed by atoms with Gasteiger partial charge in [0.1, 0.15) is 0 Å². The molecule has 0 aliphatic carbocycles. The topological polar surface area (TPSA) is 367 Å². The number of rotatable bonds is 3. The van der Waals surface area contributed by atoms with Crippen LogP contribution >= 0.6 is 15.2 Å². The van der Waals surface area contributed by atoms with Gasteiger partial charge in [0.15, 0.2) is 15.2 Å². The zero-order valence-electron chi connectivity index (χ0n) is 13.6. The molecule has 170 valence electrons. The summed E-state index contributed by atoms with van der Waals surface area (Å²) < 4.78 is 21.7. The van der Waals surface area contributed by atoms with Crippen LogP contribution in [0, 0.1) is 0 Å². The molecular formula is C10H22N2NiO13P2. The standard InChI is InChI=1S/C10H10N2O6P2.Ni.7H2O/c13-19(14,15)7-1-3-9(11-5-7)10-4-2-8(6-12-10)20(16,17)18;;;;;;;;/h1-6H,(H2,13,14,15)(H2,16,17,18);;7*1H2/q;+2;;;;;;;/p-2. The molecule has 2 rings (SSSR count). The molecule has 2 heterocycles. The number of pyridine rings is 2. The monoisotopic (exact) mass is 498 g/mol. The van der Waals surface area contributed by atoms with Crippen LogP contribution in [0.2, 0.25) is 0 Å². The molecule has 2 atom stereocenters. The largest absolute Gasteiger partial charge is 2.00 e. The zero-order valence-corrected chi connectivity index (χ0v) is 16.4. The van der Waals surface area contributed by atoms with Gasteiger partial charge in [-0.15, -0.1) is 0 Å². The van der Waals surface area contributed by atoms with E-state index >= 15 is 0 Å². The van der Waals surface area contributed by atoms with Crippen LogP contribution in [0.25, 0.3) is 11.4 Å². The summed E-state index contributed by atoms with van der Waals surface area (Å²) in [5, 5.41) is -0.672. The number of hydrogen-bond donors (Lipinski definition) is 2. The van der Waals surface area contributed by atoms with Crippen LogP contribution in [0.3, 0.4) is 0 Å². The number of aromatic nitrogens is 2. The molecular weight excluding hydrogens is 477 g/mol. The van der Waals surface area contributed by atoms with E-state index in [4.69, 9.17) is 9.79 Å². The van der Waals surface area contributed by atoms with E-state index in [1.54, 1.807) is 0 Å². The molecule has 0 amide bonds. The van der Waals surface area contributed by atoms with E-state index in [0.29, 0.717) is 0 Å². The smallest absolute Gasteiger partial charge is 0.775 e. The van der Waals surface area contributed by atoms with Crippen molar-refractivity contribution in [2.24, 2.45) is 0 Å². The molecule has 18 heteroatoms. The van der Waals surface area contributed by atoms with E-state index in [0.717, 1.165) is 24.5 Å². The van der Waals surface area contributed by atoms with Gasteiger partial charge in [0.05, 0.1) is 11.4 Å². The van der Waals surface area contributed by atoms with Crippen molar-refractivity contribution in [1.29, 1.82) is 0 Å². The first-order valence-electron chi connectivity index (χ1n) is 5.19. The maximum Gasteiger partial charge on any atom is 2.00 e. The maximum atomic E-state index is 10.9. The van der Waals surface area contributed by atoms with E-state index in [1.807, 2.05) is 0 Å². The minimum atomic E-state index is -4.60. The molecule has 2 aromatic rings. The Hall–Kier alpha value is -1.19. The molecule has 0 saturated heterocycles. The fourth-order valence-electron chi connectivity index (χ4n) is 1.41. The van der Waals surface area contributed by atoms with Crippen molar-refractivity contribution in [3.05, 3.63) is 36.7 Å². The minimum absolute atomic E-state index is 0. The first-order chi connectivity index (χ1) is 9.18. The normalized spacial score (nSPS) is 12.3. The molecule has 0 bridgehead atoms. The Morgan fingerprint density at radius 1 is 0.643 bits per heavy atom. The number of hydrogen-bond acceptors (Lipinski definition) is 6. The Balaban J connectivity index is -0.000000110. The fraction of sp³-hybridized carbons (Fsp3) is 0. The quantitative estimate of drug-likeness (QED) is 0.301. The van der Waals surface area contributed by atoms with Crippen molar-refractivity contribution in [3.63, 3.8) is 0 Å². The maximum absolute atomic E-state index is 10.9. The predicted molar refractivity (Wildman–Crippen MR) is 91.7 cm³/mol. The zero-order chi connectivity index (χ0) is 15.0. The summed E-state index contributed by atoms with van der Waals surface area (Å²) in [6.45, 7) is 0. The molecule has 2 unspecified atom stereocenters. The van der Waals surface area contributed by atoms with E-state index in [-0.39, 0.29) is 76.8 Å². The van der Waals surface area contributed by atoms with Gasteiger partial charge in [0.2, 0.25) is 0 Å². The fourth-order valence-corrected chi connectivity index (χ4v) is 2.34. The Morgan fingerprint density at radius 3 is 1.04 bits per heavy atom. The summed E-state index contributed by atoms with van der Waals surface area (Å²) in [6, 6.07) is 4.92. The summed E-state index contributed by atoms with van der Waals surface area (Å²) in [7, 11) is -9.21. The predicted octanol–water partition coefficient (Wildman–Crippen LogP) is -7.29. The van der Waals surface area contributed by atoms with Gasteiger partial charge >= 0.3 is 16.5 Å². The van der Waals surface area contributed by atoms with Crippen LogP contribution < -0.4 is 20.4 Å². The van der Waals surface area contributed by atoms with Crippen molar-refractivity contribution in [3.8, 4) is 11.4 Å². The van der Waals surface area contributed by atoms with Crippen LogP contribution in [0.4, 0.5) is 0 Å². The molecule has 0 radical (unpaired) electrons. The summed E-state index contributed by atoms with van der Waals surface area (Å²) in [5.41, 5.74) is 0.569. The molecule has 16 N–H and O–H groups in total. The summed E-state index contributed by atoms with van der Waals surface area (Å²) in [4.78, 5) is 47.0. The molecule has 2 aromatic heterocycles. The van der Waals surface area contributed by atoms with Crippen LogP contribution in [0.1, 0.15) is 0 Å². The molecule has 0 aliphatic rings. The van der Waals surface area contributed by atoms with E-state index in [9.17, 15) is 18.9 Å². The summed E-state index contributed by atoms with van der Waals surface area (Å²) in [5.74, 6) is 0. The third-order valence-corrected chi connectivity index (χ3v) is 4.24. The molecule has 0 spiro atoms. The van der Waals surface area contributed by atoms with Gasteiger partial charge < -0.3 is 67.0 Å². The van der Waals surface area contributed by atoms with Crippen LogP contribution in [-0.2, 0) is 25.6 Å². The summed E-state index contributed by atoms with van der Waals surface area (Å²) in [6.07, 6.45) is 1.92. The van der Waals surface area contributed by atoms with Gasteiger partial charge in [-0.05, 0) is 24.3 Å². The minimum Gasteiger partial charge on any atom is -0.775 e. The van der Waals surface area contributed by atoms with Crippen LogP contribution in [0.15, 0.2) is 36.7 Å². The Labute approximate surface area is 167 Å². The van der Waals surface area contributed by atoms with Crippen molar-refractivity contribution >= 4 is 25.8 Å². The van der Waals surface area contributed by atoms with Crippen molar-refractivity contribution in [2.45, 2.75) is 0 Å². The van der Waals surface area contributed by atoms with E-state index in [1.165, 1.54) is 12.1 Å². The van der Waals surface area contributed by atoms with Gasteiger partial charge in [-0.1, -0.05) is 0 Å². The van der Waals surface area contributed by atoms with Gasteiger partial charge in [-0.25, -0.2) is 0 Å². The first-order valence-corrected chi connectivity index (χ1v) is 8.34. The average molecular weight is 499 g/mol. The molecule has 28 heavy (non-hydrogen) atoms. The molecule has 0 aromatic carbocycles. The Kier molecular flexibility index (Phi) is 27.2. The van der Waals surface area contributed by atoms with Crippen molar-refractivity contribution in [2.75, 3.05) is 0 Å². The third kappa shape index (κ3) is 11.6.